The molecule has 312 valence electrons. The molecule has 0 saturated carbocycles. The topological polar surface area (TPSA) is 105 Å². The Hall–Kier alpha value is -1.28. The van der Waals surface area contributed by atoms with Crippen molar-refractivity contribution in [3.05, 3.63) is 36.5 Å². The Morgan fingerprint density at radius 3 is 1.58 bits per heavy atom. The lowest BCUT2D eigenvalue weighted by atomic mass is 10.0. The van der Waals surface area contributed by atoms with Gasteiger partial charge in [-0.15, -0.1) is 0 Å². The molecule has 0 aliphatic rings. The number of hydrogen-bond acceptors (Lipinski definition) is 5. The summed E-state index contributed by atoms with van der Waals surface area (Å²) in [4.78, 5) is 23.1. The van der Waals surface area contributed by atoms with Crippen LogP contribution in [0.15, 0.2) is 36.5 Å². The molecule has 0 aromatic heterocycles. The standard InChI is InChI=1S/C44H85N2O6P/c1-6-8-10-12-14-16-18-20-22-24-25-27-29-31-33-35-37-43(47)42(41-52-53(49,50)51-40-39-46(3,4)5)45-44(48)38-36-34-32-30-28-26-23-21-19-17-15-13-11-9-7-2/h15,17,21,23,35,37,42-43,47H,6-14,16,18-20,22,24-34,36,38-41H2,1-5H3,(H-,45,48,49,50)/p+1/b17-15-,23-21-,37-35+. The molecular weight excluding hydrogens is 683 g/mol. The predicted molar refractivity (Wildman–Crippen MR) is 226 cm³/mol. The second-order valence-corrected chi connectivity index (χ2v) is 17.5. The van der Waals surface area contributed by atoms with Gasteiger partial charge in [0.1, 0.15) is 13.2 Å². The number of unbranched alkanes of at least 4 members (excludes halogenated alkanes) is 22. The number of amides is 1. The average Bonchev–Trinajstić information content (AvgIpc) is 3.10. The third-order valence-corrected chi connectivity index (χ3v) is 10.6. The summed E-state index contributed by atoms with van der Waals surface area (Å²) in [6, 6.07) is -0.851. The van der Waals surface area contributed by atoms with Gasteiger partial charge in [0.05, 0.1) is 39.9 Å². The van der Waals surface area contributed by atoms with Gasteiger partial charge in [-0.1, -0.05) is 166 Å². The van der Waals surface area contributed by atoms with Crippen molar-refractivity contribution in [3.8, 4) is 0 Å². The molecule has 0 bridgehead atoms. The zero-order valence-corrected chi connectivity index (χ0v) is 36.1. The number of aliphatic hydroxyl groups is 1. The fourth-order valence-corrected chi connectivity index (χ4v) is 6.81. The zero-order valence-electron chi connectivity index (χ0n) is 35.3. The Bertz CT molecular complexity index is 964. The van der Waals surface area contributed by atoms with Crippen molar-refractivity contribution in [2.24, 2.45) is 0 Å². The van der Waals surface area contributed by atoms with Crippen molar-refractivity contribution in [2.45, 2.75) is 199 Å². The summed E-state index contributed by atoms with van der Waals surface area (Å²) in [7, 11) is 1.56. The van der Waals surface area contributed by atoms with Crippen LogP contribution in [0.25, 0.3) is 0 Å². The maximum absolute atomic E-state index is 12.8. The van der Waals surface area contributed by atoms with Crippen molar-refractivity contribution >= 4 is 13.7 Å². The highest BCUT2D eigenvalue weighted by Crippen LogP contribution is 2.43. The molecule has 3 unspecified atom stereocenters. The molecule has 53 heavy (non-hydrogen) atoms. The molecule has 3 atom stereocenters. The number of carbonyl (C=O) groups excluding carboxylic acids is 1. The normalized spacial score (nSPS) is 14.8. The molecule has 0 rings (SSSR count). The van der Waals surface area contributed by atoms with Crippen molar-refractivity contribution in [2.75, 3.05) is 40.9 Å². The molecule has 9 heteroatoms. The minimum absolute atomic E-state index is 0.0583. The molecule has 0 aromatic rings. The second kappa shape index (κ2) is 36.4. The maximum Gasteiger partial charge on any atom is 0.472 e. The quantitative estimate of drug-likeness (QED) is 0.0249. The first-order valence-corrected chi connectivity index (χ1v) is 23.4. The highest BCUT2D eigenvalue weighted by molar-refractivity contribution is 7.47. The molecule has 8 nitrogen and oxygen atoms in total. The largest absolute Gasteiger partial charge is 0.472 e. The van der Waals surface area contributed by atoms with E-state index in [-0.39, 0.29) is 19.1 Å². The Labute approximate surface area is 327 Å². The summed E-state index contributed by atoms with van der Waals surface area (Å²) in [6.07, 6.45) is 43.4. The SMILES string of the molecule is CCCCC/C=C\C/C=C\CCCCCCCC(=O)NC(COP(=O)(O)OCC[N+](C)(C)C)C(O)/C=C/CCCCCCCCCCCCCCCC. The van der Waals surface area contributed by atoms with Gasteiger partial charge in [-0.3, -0.25) is 13.8 Å². The molecule has 0 aliphatic heterocycles. The van der Waals surface area contributed by atoms with E-state index in [0.29, 0.717) is 17.4 Å². The molecule has 0 fully saturated rings. The van der Waals surface area contributed by atoms with E-state index in [1.54, 1.807) is 6.08 Å². The van der Waals surface area contributed by atoms with Gasteiger partial charge >= 0.3 is 7.82 Å². The number of aliphatic hydroxyl groups excluding tert-OH is 1. The van der Waals surface area contributed by atoms with E-state index in [4.69, 9.17) is 9.05 Å². The molecule has 0 aromatic carbocycles. The lowest BCUT2D eigenvalue weighted by molar-refractivity contribution is -0.870. The predicted octanol–water partition coefficient (Wildman–Crippen LogP) is 11.9. The summed E-state index contributed by atoms with van der Waals surface area (Å²) in [5.74, 6) is -0.192. The number of carbonyl (C=O) groups is 1. The number of rotatable bonds is 39. The molecule has 0 saturated heterocycles. The number of nitrogens with zero attached hydrogens (tertiary/aromatic N) is 1. The number of phosphoric acid groups is 1. The van der Waals surface area contributed by atoms with E-state index in [2.05, 4.69) is 43.5 Å². The van der Waals surface area contributed by atoms with E-state index >= 15 is 0 Å². The highest BCUT2D eigenvalue weighted by Gasteiger charge is 2.27. The van der Waals surface area contributed by atoms with E-state index in [1.807, 2.05) is 27.2 Å². The molecule has 1 amide bonds. The minimum Gasteiger partial charge on any atom is -0.387 e. The third-order valence-electron chi connectivity index (χ3n) is 9.60. The monoisotopic (exact) mass is 770 g/mol. The number of nitrogens with one attached hydrogen (secondary N) is 1. The highest BCUT2D eigenvalue weighted by atomic mass is 31.2. The second-order valence-electron chi connectivity index (χ2n) is 16.1. The fourth-order valence-electron chi connectivity index (χ4n) is 6.07. The number of allylic oxidation sites excluding steroid dienone is 5. The van der Waals surface area contributed by atoms with Crippen molar-refractivity contribution in [1.82, 2.24) is 5.32 Å². The Balaban J connectivity index is 4.48. The fraction of sp³-hybridized carbons (Fsp3) is 0.841. The van der Waals surface area contributed by atoms with Crippen molar-refractivity contribution < 1.29 is 32.9 Å². The summed E-state index contributed by atoms with van der Waals surface area (Å²) in [5.41, 5.74) is 0. The number of likely N-dealkylation sites (N-methyl/N-ethyl adjacent to an activating group) is 1. The summed E-state index contributed by atoms with van der Waals surface area (Å²) >= 11 is 0. The molecule has 0 aliphatic carbocycles. The van der Waals surface area contributed by atoms with E-state index < -0.39 is 20.0 Å². The van der Waals surface area contributed by atoms with E-state index in [0.717, 1.165) is 64.2 Å². The summed E-state index contributed by atoms with van der Waals surface area (Å²) in [5, 5.41) is 13.8. The molecule has 0 spiro atoms. The number of hydrogen-bond donors (Lipinski definition) is 3. The van der Waals surface area contributed by atoms with Gasteiger partial charge in [0.15, 0.2) is 0 Å². The maximum atomic E-state index is 12.8. The van der Waals surface area contributed by atoms with Crippen LogP contribution >= 0.6 is 7.82 Å². The van der Waals surface area contributed by atoms with Crippen LogP contribution < -0.4 is 5.32 Å². The van der Waals surface area contributed by atoms with E-state index in [9.17, 15) is 19.4 Å². The number of quaternary nitrogens is 1. The van der Waals surface area contributed by atoms with Gasteiger partial charge in [-0.25, -0.2) is 4.57 Å². The Morgan fingerprint density at radius 1 is 0.642 bits per heavy atom. The summed E-state index contributed by atoms with van der Waals surface area (Å²) in [6.45, 7) is 4.77. The minimum atomic E-state index is -4.34. The first-order valence-electron chi connectivity index (χ1n) is 21.9. The third kappa shape index (κ3) is 38.8. The van der Waals surface area contributed by atoms with Gasteiger partial charge in [-0.2, -0.15) is 0 Å². The number of phosphoric ester groups is 1. The molecule has 0 heterocycles. The smallest absolute Gasteiger partial charge is 0.387 e. The molecule has 3 N–H and O–H groups in total. The lowest BCUT2D eigenvalue weighted by Crippen LogP contribution is -2.45. The van der Waals surface area contributed by atoms with Crippen LogP contribution in [0.1, 0.15) is 187 Å². The van der Waals surface area contributed by atoms with Crippen LogP contribution in [0.2, 0.25) is 0 Å². The first-order chi connectivity index (χ1) is 25.5. The van der Waals surface area contributed by atoms with Gasteiger partial charge in [0.2, 0.25) is 5.91 Å². The molecular formula is C44H86N2O6P+. The Kier molecular flexibility index (Phi) is 35.5. The van der Waals surface area contributed by atoms with Crippen molar-refractivity contribution in [3.63, 3.8) is 0 Å². The van der Waals surface area contributed by atoms with Gasteiger partial charge in [0.25, 0.3) is 0 Å². The van der Waals surface area contributed by atoms with Crippen LogP contribution in [0.4, 0.5) is 0 Å². The van der Waals surface area contributed by atoms with Crippen LogP contribution in [0.3, 0.4) is 0 Å². The van der Waals surface area contributed by atoms with Crippen molar-refractivity contribution in [1.29, 1.82) is 0 Å². The average molecular weight is 770 g/mol. The van der Waals surface area contributed by atoms with E-state index in [1.165, 1.54) is 103 Å². The Morgan fingerprint density at radius 2 is 1.08 bits per heavy atom. The van der Waals surface area contributed by atoms with Crippen LogP contribution in [0, 0.1) is 0 Å². The van der Waals surface area contributed by atoms with Crippen LogP contribution in [-0.2, 0) is 18.4 Å². The summed E-state index contributed by atoms with van der Waals surface area (Å²) < 4.78 is 23.5. The van der Waals surface area contributed by atoms with Gasteiger partial charge < -0.3 is 19.8 Å². The van der Waals surface area contributed by atoms with Gasteiger partial charge in [-0.05, 0) is 51.4 Å². The van der Waals surface area contributed by atoms with Crippen LogP contribution in [0.5, 0.6) is 0 Å². The lowest BCUT2D eigenvalue weighted by Gasteiger charge is -2.25. The zero-order chi connectivity index (χ0) is 39.3. The van der Waals surface area contributed by atoms with Gasteiger partial charge in [0, 0.05) is 6.42 Å². The molecule has 0 radical (unpaired) electrons. The first kappa shape index (κ1) is 51.7. The van der Waals surface area contributed by atoms with Crippen LogP contribution in [-0.4, -0.2) is 73.4 Å².